The Morgan fingerprint density at radius 2 is 1.96 bits per heavy atom. The summed E-state index contributed by atoms with van der Waals surface area (Å²) < 4.78 is 33.9. The van der Waals surface area contributed by atoms with Gasteiger partial charge in [0.25, 0.3) is 11.7 Å². The summed E-state index contributed by atoms with van der Waals surface area (Å²) in [4.78, 5) is 12.7. The van der Waals surface area contributed by atoms with Gasteiger partial charge in [-0.25, -0.2) is 0 Å². The van der Waals surface area contributed by atoms with E-state index in [1.165, 1.54) is 0 Å². The summed E-state index contributed by atoms with van der Waals surface area (Å²) in [5.74, 6) is -8.37. The molecule has 2 heterocycles. The molecule has 0 aliphatic carbocycles. The number of ether oxygens (including phenoxy) is 1. The monoisotopic (exact) mass is 357 g/mol. The number of carbonyl (C=O) groups is 1. The van der Waals surface area contributed by atoms with Crippen LogP contribution in [0.5, 0.6) is 0 Å². The summed E-state index contributed by atoms with van der Waals surface area (Å²) in [6, 6.07) is -0.681. The van der Waals surface area contributed by atoms with Gasteiger partial charge in [-0.2, -0.15) is 8.78 Å². The molecule has 0 aromatic carbocycles. The lowest BCUT2D eigenvalue weighted by Gasteiger charge is -2.49. The van der Waals surface area contributed by atoms with Crippen LogP contribution in [0, 0.1) is 0 Å². The van der Waals surface area contributed by atoms with Gasteiger partial charge >= 0.3 is 5.92 Å². The largest absolute Gasteiger partial charge is 0.394 e. The van der Waals surface area contributed by atoms with Crippen LogP contribution < -0.4 is 5.73 Å². The summed E-state index contributed by atoms with van der Waals surface area (Å²) in [6.45, 7) is -2.19. The average molecular weight is 357 g/mol. The highest BCUT2D eigenvalue weighted by Gasteiger charge is 2.66. The molecule has 6 atom stereocenters. The Bertz CT molecular complexity index is 481. The summed E-state index contributed by atoms with van der Waals surface area (Å²) in [5, 5.41) is 48.3. The Labute approximate surface area is 136 Å². The number of aliphatic hydroxyl groups excluding tert-OH is 4. The second-order valence-corrected chi connectivity index (χ2v) is 6.26. The van der Waals surface area contributed by atoms with Gasteiger partial charge in [0.2, 0.25) is 0 Å². The van der Waals surface area contributed by atoms with Crippen molar-refractivity contribution in [3.63, 3.8) is 0 Å². The first-order chi connectivity index (χ1) is 11.0. The van der Waals surface area contributed by atoms with Gasteiger partial charge < -0.3 is 40.9 Å². The fraction of sp³-hybridized carbons (Fsp3) is 0.923. The van der Waals surface area contributed by atoms with E-state index in [-0.39, 0.29) is 6.54 Å². The number of quaternary nitrogens is 1. The molecular weight excluding hydrogens is 334 g/mol. The normalized spacial score (nSPS) is 41.6. The van der Waals surface area contributed by atoms with Crippen molar-refractivity contribution in [3.05, 3.63) is 0 Å². The molecule has 8 N–H and O–H groups in total. The molecule has 0 aromatic heterocycles. The van der Waals surface area contributed by atoms with Gasteiger partial charge in [0, 0.05) is 13.0 Å². The summed E-state index contributed by atoms with van der Waals surface area (Å²) in [6.07, 6.45) is -7.37. The van der Waals surface area contributed by atoms with Crippen molar-refractivity contribution in [3.8, 4) is 0 Å². The molecule has 0 radical (unpaired) electrons. The lowest BCUT2D eigenvalue weighted by atomic mass is 9.88. The second-order valence-electron chi connectivity index (χ2n) is 6.26. The third kappa shape index (κ3) is 3.12. The third-order valence-electron chi connectivity index (χ3n) is 4.52. The lowest BCUT2D eigenvalue weighted by Crippen LogP contribution is -2.74. The maximum atomic E-state index is 14.6. The number of likely N-dealkylation sites (tertiary alicyclic amines) is 1. The van der Waals surface area contributed by atoms with Gasteiger partial charge in [0.1, 0.15) is 24.4 Å². The maximum Gasteiger partial charge on any atom is 0.320 e. The number of aliphatic hydroxyl groups is 5. The molecular formula is C13H23F2N2O7+. The number of alkyl halides is 2. The van der Waals surface area contributed by atoms with E-state index in [9.17, 15) is 34.0 Å². The van der Waals surface area contributed by atoms with Crippen molar-refractivity contribution in [2.75, 3.05) is 19.7 Å². The minimum absolute atomic E-state index is 0.0290. The van der Waals surface area contributed by atoms with Crippen molar-refractivity contribution in [2.45, 2.75) is 55.0 Å². The minimum Gasteiger partial charge on any atom is -0.394 e. The molecule has 1 amide bonds. The first kappa shape index (κ1) is 19.4. The maximum absolute atomic E-state index is 14.6. The standard InChI is InChI=1S/C13H22F2N2O7/c14-12(15,5-17-3-1-2-6(16)11(17)22)13(23)10(21)9(20)8(19)7(4-18)24-13/h6-10,18-21,23H,1-5,16H2/p+1/t6-,7+,8+,9-,10+,13+/m0/s1. The molecule has 2 aliphatic rings. The molecule has 0 aromatic rings. The van der Waals surface area contributed by atoms with E-state index >= 15 is 0 Å². The van der Waals surface area contributed by atoms with Gasteiger partial charge in [-0.15, -0.1) is 0 Å². The molecule has 11 heteroatoms. The zero-order valence-electron chi connectivity index (χ0n) is 12.9. The quantitative estimate of drug-likeness (QED) is 0.299. The van der Waals surface area contributed by atoms with Crippen molar-refractivity contribution in [2.24, 2.45) is 0 Å². The number of carbonyl (C=O) groups excluding carboxylic acids is 1. The Hall–Kier alpha value is -0.950. The van der Waals surface area contributed by atoms with Crippen LogP contribution in [0.3, 0.4) is 0 Å². The topological polar surface area (TPSA) is 158 Å². The van der Waals surface area contributed by atoms with Crippen LogP contribution in [0.1, 0.15) is 12.8 Å². The van der Waals surface area contributed by atoms with E-state index in [0.717, 1.165) is 4.90 Å². The predicted octanol–water partition coefficient (Wildman–Crippen LogP) is -3.98. The van der Waals surface area contributed by atoms with Crippen LogP contribution in [0.2, 0.25) is 0 Å². The predicted molar refractivity (Wildman–Crippen MR) is 72.4 cm³/mol. The number of hydrogen-bond acceptors (Lipinski definition) is 7. The van der Waals surface area contributed by atoms with Crippen LogP contribution in [-0.4, -0.2) is 98.2 Å². The second kappa shape index (κ2) is 6.75. The average Bonchev–Trinajstić information content (AvgIpc) is 2.53. The van der Waals surface area contributed by atoms with Crippen LogP contribution in [-0.2, 0) is 9.53 Å². The first-order valence-electron chi connectivity index (χ1n) is 7.60. The van der Waals surface area contributed by atoms with E-state index in [1.807, 2.05) is 0 Å². The van der Waals surface area contributed by atoms with E-state index in [0.29, 0.717) is 12.8 Å². The van der Waals surface area contributed by atoms with Crippen LogP contribution >= 0.6 is 0 Å². The molecule has 2 saturated heterocycles. The lowest BCUT2D eigenvalue weighted by molar-refractivity contribution is -0.418. The van der Waals surface area contributed by atoms with Crippen LogP contribution in [0.4, 0.5) is 8.78 Å². The van der Waals surface area contributed by atoms with Crippen molar-refractivity contribution < 1.29 is 49.6 Å². The number of hydrogen-bond donors (Lipinski definition) is 6. The minimum atomic E-state index is -4.17. The summed E-state index contributed by atoms with van der Waals surface area (Å²) >= 11 is 0. The Morgan fingerprint density at radius 1 is 1.33 bits per heavy atom. The van der Waals surface area contributed by atoms with E-state index < -0.39 is 61.2 Å². The smallest absolute Gasteiger partial charge is 0.320 e. The van der Waals surface area contributed by atoms with Gasteiger partial charge in [-0.05, 0) is 6.42 Å². The SMILES string of the molecule is [NH3+][C@H]1CCCN(CC(F)(F)[C@]2(O)O[C@H](CO)[C@@H](O)[C@H](O)[C@H]2O)C1=O. The fourth-order valence-corrected chi connectivity index (χ4v) is 2.99. The Kier molecular flexibility index (Phi) is 5.45. The van der Waals surface area contributed by atoms with E-state index in [1.54, 1.807) is 0 Å². The molecule has 0 unspecified atom stereocenters. The number of halogens is 2. The third-order valence-corrected chi connectivity index (χ3v) is 4.52. The molecule has 2 aliphatic heterocycles. The van der Waals surface area contributed by atoms with Crippen LogP contribution in [0.15, 0.2) is 0 Å². The molecule has 140 valence electrons. The first-order valence-corrected chi connectivity index (χ1v) is 7.60. The highest BCUT2D eigenvalue weighted by molar-refractivity contribution is 5.81. The number of amides is 1. The summed E-state index contributed by atoms with van der Waals surface area (Å²) in [5.41, 5.74) is 3.57. The molecule has 0 saturated carbocycles. The highest BCUT2D eigenvalue weighted by Crippen LogP contribution is 2.40. The number of piperidine rings is 1. The Morgan fingerprint density at radius 3 is 2.54 bits per heavy atom. The zero-order valence-corrected chi connectivity index (χ0v) is 12.9. The molecule has 0 bridgehead atoms. The molecule has 0 spiro atoms. The summed E-state index contributed by atoms with van der Waals surface area (Å²) in [7, 11) is 0. The molecule has 24 heavy (non-hydrogen) atoms. The molecule has 9 nitrogen and oxygen atoms in total. The molecule has 2 rings (SSSR count). The van der Waals surface area contributed by atoms with Crippen LogP contribution in [0.25, 0.3) is 0 Å². The van der Waals surface area contributed by atoms with Crippen molar-refractivity contribution in [1.82, 2.24) is 4.90 Å². The van der Waals surface area contributed by atoms with Gasteiger partial charge in [0.05, 0.1) is 13.2 Å². The number of nitrogens with zero attached hydrogens (tertiary/aromatic N) is 1. The van der Waals surface area contributed by atoms with Crippen molar-refractivity contribution >= 4 is 5.91 Å². The Balaban J connectivity index is 2.23. The van der Waals surface area contributed by atoms with Gasteiger partial charge in [-0.3, -0.25) is 4.79 Å². The number of rotatable bonds is 4. The van der Waals surface area contributed by atoms with Crippen molar-refractivity contribution in [1.29, 1.82) is 0 Å². The zero-order chi connectivity index (χ0) is 18.3. The van der Waals surface area contributed by atoms with Gasteiger partial charge in [-0.1, -0.05) is 0 Å². The fourth-order valence-electron chi connectivity index (χ4n) is 2.99. The molecule has 2 fully saturated rings. The van der Waals surface area contributed by atoms with Gasteiger partial charge in [0.15, 0.2) is 6.04 Å². The highest BCUT2D eigenvalue weighted by atomic mass is 19.3. The van der Waals surface area contributed by atoms with E-state index in [2.05, 4.69) is 10.5 Å². The van der Waals surface area contributed by atoms with E-state index in [4.69, 9.17) is 5.11 Å².